The first-order chi connectivity index (χ1) is 12.5. The summed E-state index contributed by atoms with van der Waals surface area (Å²) in [4.78, 5) is 21.0. The Kier molecular flexibility index (Phi) is 4.14. The van der Waals surface area contributed by atoms with Crippen molar-refractivity contribution in [1.29, 1.82) is 0 Å². The van der Waals surface area contributed by atoms with Crippen LogP contribution in [0.4, 0.5) is 19.3 Å². The Morgan fingerprint density at radius 2 is 1.96 bits per heavy atom. The molecule has 1 N–H and O–H groups in total. The highest BCUT2D eigenvalue weighted by atomic mass is 19.1. The van der Waals surface area contributed by atoms with Crippen molar-refractivity contribution in [1.82, 2.24) is 19.4 Å². The molecule has 0 unspecified atom stereocenters. The molecule has 1 aromatic carbocycles. The van der Waals surface area contributed by atoms with Gasteiger partial charge in [-0.25, -0.2) is 18.6 Å². The molecule has 26 heavy (non-hydrogen) atoms. The molecule has 1 saturated heterocycles. The maximum absolute atomic E-state index is 13.7. The zero-order chi connectivity index (χ0) is 18.3. The highest BCUT2D eigenvalue weighted by molar-refractivity contribution is 5.89. The lowest BCUT2D eigenvalue weighted by molar-refractivity contribution is 0.0197. The van der Waals surface area contributed by atoms with Gasteiger partial charge in [-0.15, -0.1) is 0 Å². The fraction of sp³-hybridized carbons (Fsp3) is 0.444. The average Bonchev–Trinajstić information content (AvgIpc) is 3.12. The predicted molar refractivity (Wildman–Crippen MR) is 92.7 cm³/mol. The van der Waals surface area contributed by atoms with Crippen LogP contribution in [-0.4, -0.2) is 52.1 Å². The number of anilines is 1. The molecule has 4 rings (SSSR count). The molecule has 0 radical (unpaired) electrons. The molecule has 0 saturated carbocycles. The number of carbonyl (C=O) groups excluding carboxylic acids is 1. The number of aromatic nitrogens is 2. The van der Waals surface area contributed by atoms with E-state index < -0.39 is 17.7 Å². The molecule has 138 valence electrons. The monoisotopic (exact) mass is 361 g/mol. The number of halogens is 2. The van der Waals surface area contributed by atoms with Gasteiger partial charge in [0.05, 0.1) is 11.2 Å². The Morgan fingerprint density at radius 3 is 2.73 bits per heavy atom. The molecule has 0 aliphatic carbocycles. The number of rotatable bonds is 1. The van der Waals surface area contributed by atoms with E-state index in [1.807, 2.05) is 12.4 Å². The third-order valence-electron chi connectivity index (χ3n) is 5.59. The van der Waals surface area contributed by atoms with Crippen LogP contribution in [0, 0.1) is 11.6 Å². The topological polar surface area (TPSA) is 53.4 Å². The van der Waals surface area contributed by atoms with E-state index in [1.54, 1.807) is 4.90 Å². The number of urea groups is 1. The predicted octanol–water partition coefficient (Wildman–Crippen LogP) is 2.63. The molecule has 0 atom stereocenters. The van der Waals surface area contributed by atoms with Gasteiger partial charge in [-0.3, -0.25) is 4.90 Å². The first-order valence-corrected chi connectivity index (χ1v) is 8.73. The Hall–Kier alpha value is -2.48. The zero-order valence-electron chi connectivity index (χ0n) is 14.6. The second kappa shape index (κ2) is 6.35. The number of hydrogen-bond acceptors (Lipinski definition) is 3. The normalized spacial score (nSPS) is 19.4. The van der Waals surface area contributed by atoms with E-state index in [0.29, 0.717) is 13.1 Å². The van der Waals surface area contributed by atoms with Crippen molar-refractivity contribution in [3.05, 3.63) is 48.1 Å². The van der Waals surface area contributed by atoms with Gasteiger partial charge in [-0.2, -0.15) is 0 Å². The molecule has 1 spiro atoms. The molecular weight excluding hydrogens is 340 g/mol. The van der Waals surface area contributed by atoms with Crippen LogP contribution in [0.15, 0.2) is 30.6 Å². The van der Waals surface area contributed by atoms with Crippen LogP contribution >= 0.6 is 0 Å². The van der Waals surface area contributed by atoms with Gasteiger partial charge in [-0.1, -0.05) is 0 Å². The summed E-state index contributed by atoms with van der Waals surface area (Å²) in [6, 6.07) is 2.61. The number of piperidine rings is 1. The molecule has 6 nitrogen and oxygen atoms in total. The van der Waals surface area contributed by atoms with E-state index in [-0.39, 0.29) is 11.2 Å². The van der Waals surface area contributed by atoms with E-state index in [9.17, 15) is 13.6 Å². The number of likely N-dealkylation sites (N-methyl/N-ethyl adjacent to an activating group) is 1. The number of imidazole rings is 1. The van der Waals surface area contributed by atoms with Gasteiger partial charge >= 0.3 is 6.03 Å². The Balaban J connectivity index is 1.47. The fourth-order valence-electron chi connectivity index (χ4n) is 4.01. The molecule has 2 aliphatic rings. The lowest BCUT2D eigenvalue weighted by Crippen LogP contribution is -2.57. The Bertz CT molecular complexity index is 829. The van der Waals surface area contributed by atoms with Crippen molar-refractivity contribution >= 4 is 11.7 Å². The standard InChI is InChI=1S/C18H21F2N5O/c1-23-10-11-24-9-6-21-16(24)18(23)4-7-25(8-5-18)17(26)22-15-12-13(19)2-3-14(15)20/h2-3,6,9,12H,4-5,7-8,10-11H2,1H3,(H,22,26). The SMILES string of the molecule is CN1CCn2ccnc2C12CCN(C(=O)Nc1cc(F)ccc1F)CC2. The largest absolute Gasteiger partial charge is 0.332 e. The van der Waals surface area contributed by atoms with E-state index in [2.05, 4.69) is 26.8 Å². The summed E-state index contributed by atoms with van der Waals surface area (Å²) >= 11 is 0. The minimum atomic E-state index is -0.651. The number of carbonyl (C=O) groups is 1. The number of amides is 2. The van der Waals surface area contributed by atoms with Crippen molar-refractivity contribution in [2.24, 2.45) is 0 Å². The molecule has 3 heterocycles. The van der Waals surface area contributed by atoms with Crippen molar-refractivity contribution in [2.75, 3.05) is 32.0 Å². The van der Waals surface area contributed by atoms with Crippen LogP contribution in [0.1, 0.15) is 18.7 Å². The lowest BCUT2D eigenvalue weighted by Gasteiger charge is -2.49. The third-order valence-corrected chi connectivity index (χ3v) is 5.59. The van der Waals surface area contributed by atoms with E-state index in [0.717, 1.165) is 50.0 Å². The maximum atomic E-state index is 13.7. The van der Waals surface area contributed by atoms with Crippen molar-refractivity contribution < 1.29 is 13.6 Å². The Labute approximate surface area is 150 Å². The van der Waals surface area contributed by atoms with Gasteiger partial charge in [0.1, 0.15) is 17.5 Å². The molecule has 2 aliphatic heterocycles. The molecule has 1 aromatic heterocycles. The molecule has 8 heteroatoms. The van der Waals surface area contributed by atoms with Gasteiger partial charge < -0.3 is 14.8 Å². The van der Waals surface area contributed by atoms with Crippen LogP contribution in [0.3, 0.4) is 0 Å². The van der Waals surface area contributed by atoms with Crippen molar-refractivity contribution in [3.63, 3.8) is 0 Å². The van der Waals surface area contributed by atoms with Crippen LogP contribution in [0.5, 0.6) is 0 Å². The Morgan fingerprint density at radius 1 is 1.19 bits per heavy atom. The first kappa shape index (κ1) is 17.0. The third kappa shape index (κ3) is 2.74. The minimum absolute atomic E-state index is 0.138. The van der Waals surface area contributed by atoms with Crippen LogP contribution in [0.25, 0.3) is 0 Å². The van der Waals surface area contributed by atoms with E-state index >= 15 is 0 Å². The highest BCUT2D eigenvalue weighted by Gasteiger charge is 2.45. The molecule has 1 fully saturated rings. The molecule has 2 aromatic rings. The second-order valence-corrected chi connectivity index (χ2v) is 6.94. The number of benzene rings is 1. The van der Waals surface area contributed by atoms with Gasteiger partial charge in [0.25, 0.3) is 0 Å². The zero-order valence-corrected chi connectivity index (χ0v) is 14.6. The first-order valence-electron chi connectivity index (χ1n) is 8.73. The van der Waals surface area contributed by atoms with Crippen molar-refractivity contribution in [3.8, 4) is 0 Å². The average molecular weight is 361 g/mol. The summed E-state index contributed by atoms with van der Waals surface area (Å²) < 4.78 is 29.2. The molecule has 0 bridgehead atoms. The number of hydrogen-bond donors (Lipinski definition) is 1. The number of nitrogens with zero attached hydrogens (tertiary/aromatic N) is 4. The van der Waals surface area contributed by atoms with Crippen LogP contribution in [-0.2, 0) is 12.1 Å². The number of likely N-dealkylation sites (tertiary alicyclic amines) is 1. The summed E-state index contributed by atoms with van der Waals surface area (Å²) in [6.45, 7) is 2.90. The summed E-state index contributed by atoms with van der Waals surface area (Å²) in [5.74, 6) is -0.195. The van der Waals surface area contributed by atoms with Gasteiger partial charge in [0.2, 0.25) is 0 Å². The van der Waals surface area contributed by atoms with Crippen LogP contribution in [0.2, 0.25) is 0 Å². The van der Waals surface area contributed by atoms with Crippen molar-refractivity contribution in [2.45, 2.75) is 24.9 Å². The number of nitrogens with one attached hydrogen (secondary N) is 1. The van der Waals surface area contributed by atoms with E-state index in [4.69, 9.17) is 0 Å². The minimum Gasteiger partial charge on any atom is -0.332 e. The fourth-order valence-corrected chi connectivity index (χ4v) is 4.01. The van der Waals surface area contributed by atoms with Gasteiger partial charge in [0.15, 0.2) is 0 Å². The van der Waals surface area contributed by atoms with Gasteiger partial charge in [-0.05, 0) is 32.0 Å². The van der Waals surface area contributed by atoms with Crippen LogP contribution < -0.4 is 5.32 Å². The highest BCUT2D eigenvalue weighted by Crippen LogP contribution is 2.39. The van der Waals surface area contributed by atoms with Gasteiger partial charge in [0, 0.05) is 44.6 Å². The quantitative estimate of drug-likeness (QED) is 0.850. The summed E-state index contributed by atoms with van der Waals surface area (Å²) in [7, 11) is 2.09. The summed E-state index contributed by atoms with van der Waals surface area (Å²) in [5, 5.41) is 2.48. The summed E-state index contributed by atoms with van der Waals surface area (Å²) in [5.41, 5.74) is -0.316. The summed E-state index contributed by atoms with van der Waals surface area (Å²) in [6.07, 6.45) is 5.32. The van der Waals surface area contributed by atoms with E-state index in [1.165, 1.54) is 0 Å². The molecular formula is C18H21F2N5O. The second-order valence-electron chi connectivity index (χ2n) is 6.94. The smallest absolute Gasteiger partial charge is 0.321 e. The molecule has 2 amide bonds. The lowest BCUT2D eigenvalue weighted by atomic mass is 9.83. The number of fused-ring (bicyclic) bond motifs is 2. The maximum Gasteiger partial charge on any atom is 0.321 e.